The molecule has 0 unspecified atom stereocenters. The predicted octanol–water partition coefficient (Wildman–Crippen LogP) is 3.64. The molecule has 16 heavy (non-hydrogen) atoms. The normalized spacial score (nSPS) is 10.6. The van der Waals surface area contributed by atoms with Gasteiger partial charge < -0.3 is 4.74 Å². The minimum absolute atomic E-state index is 0.0521. The summed E-state index contributed by atoms with van der Waals surface area (Å²) >= 11 is 5.37. The Hall–Kier alpha value is -0.970. The van der Waals surface area contributed by atoms with E-state index in [1.165, 1.54) is 0 Å². The Bertz CT molecular complexity index is 344. The smallest absolute Gasteiger partial charge is 0.203 e. The van der Waals surface area contributed by atoms with Crippen molar-refractivity contribution in [2.45, 2.75) is 12.8 Å². The second kappa shape index (κ2) is 5.94. The lowest BCUT2D eigenvalue weighted by atomic mass is 10.3. The Kier molecular flexibility index (Phi) is 4.86. The van der Waals surface area contributed by atoms with Crippen LogP contribution in [-0.2, 0) is 0 Å². The van der Waals surface area contributed by atoms with Gasteiger partial charge in [0.05, 0.1) is 6.61 Å². The molecule has 0 atom stereocenters. The van der Waals surface area contributed by atoms with Crippen molar-refractivity contribution >= 4 is 11.6 Å². The maximum Gasteiger partial charge on any atom is 0.203 e. The molecular weight excluding hydrogens is 248 g/mol. The van der Waals surface area contributed by atoms with Crippen LogP contribution in [0.3, 0.4) is 0 Å². The van der Waals surface area contributed by atoms with Crippen molar-refractivity contribution in [2.75, 3.05) is 12.5 Å². The van der Waals surface area contributed by atoms with E-state index in [4.69, 9.17) is 11.6 Å². The zero-order valence-corrected chi connectivity index (χ0v) is 8.96. The molecule has 0 amide bonds. The summed E-state index contributed by atoms with van der Waals surface area (Å²) < 4.78 is 56.1. The second-order valence-electron chi connectivity index (χ2n) is 3.04. The molecule has 0 aromatic heterocycles. The standard InChI is InChI=1S/C10H9ClF4O/c11-3-1-2-4-16-10-8(14)6(12)5-7(13)9(10)15/h5H,1-4H2. The molecule has 0 saturated heterocycles. The third-order valence-electron chi connectivity index (χ3n) is 1.85. The van der Waals surface area contributed by atoms with Gasteiger partial charge in [-0.3, -0.25) is 0 Å². The number of halogens is 5. The first-order valence-corrected chi connectivity index (χ1v) is 5.13. The second-order valence-corrected chi connectivity index (χ2v) is 3.42. The van der Waals surface area contributed by atoms with Gasteiger partial charge in [0, 0.05) is 11.9 Å². The Labute approximate surface area is 95.0 Å². The van der Waals surface area contributed by atoms with E-state index in [0.29, 0.717) is 18.7 Å². The minimum Gasteiger partial charge on any atom is -0.487 e. The molecule has 1 aromatic carbocycles. The lowest BCUT2D eigenvalue weighted by molar-refractivity contribution is 0.266. The third kappa shape index (κ3) is 3.01. The maximum atomic E-state index is 13.0. The molecule has 1 nitrogen and oxygen atoms in total. The van der Waals surface area contributed by atoms with Gasteiger partial charge in [0.15, 0.2) is 17.4 Å². The van der Waals surface area contributed by atoms with Gasteiger partial charge in [-0.15, -0.1) is 11.6 Å². The van der Waals surface area contributed by atoms with Gasteiger partial charge in [-0.25, -0.2) is 8.78 Å². The summed E-state index contributed by atoms with van der Waals surface area (Å²) in [4.78, 5) is 0. The number of unbranched alkanes of at least 4 members (excludes halogenated alkanes) is 1. The van der Waals surface area contributed by atoms with Crippen molar-refractivity contribution in [1.29, 1.82) is 0 Å². The first kappa shape index (κ1) is 13.1. The average molecular weight is 257 g/mol. The molecule has 0 aliphatic heterocycles. The first-order valence-electron chi connectivity index (χ1n) is 4.59. The molecule has 6 heteroatoms. The van der Waals surface area contributed by atoms with Gasteiger partial charge in [0.1, 0.15) is 0 Å². The molecule has 1 aromatic rings. The summed E-state index contributed by atoms with van der Waals surface area (Å²) in [6.45, 7) is -0.0521. The van der Waals surface area contributed by atoms with E-state index >= 15 is 0 Å². The SMILES string of the molecule is Fc1cc(F)c(F)c(OCCCCCl)c1F. The lowest BCUT2D eigenvalue weighted by Crippen LogP contribution is -2.05. The van der Waals surface area contributed by atoms with Crippen LogP contribution in [0.1, 0.15) is 12.8 Å². The van der Waals surface area contributed by atoms with Crippen LogP contribution in [0.5, 0.6) is 5.75 Å². The number of hydrogen-bond donors (Lipinski definition) is 0. The van der Waals surface area contributed by atoms with E-state index < -0.39 is 29.0 Å². The van der Waals surface area contributed by atoms with Gasteiger partial charge in [-0.1, -0.05) is 0 Å². The van der Waals surface area contributed by atoms with E-state index in [2.05, 4.69) is 4.74 Å². The van der Waals surface area contributed by atoms with Crippen molar-refractivity contribution in [3.05, 3.63) is 29.3 Å². The van der Waals surface area contributed by atoms with Crippen LogP contribution in [0.15, 0.2) is 6.07 Å². The van der Waals surface area contributed by atoms with Crippen molar-refractivity contribution in [1.82, 2.24) is 0 Å². The Morgan fingerprint density at radius 3 is 2.06 bits per heavy atom. The van der Waals surface area contributed by atoms with E-state index in [0.717, 1.165) is 0 Å². The molecule has 0 aliphatic carbocycles. The van der Waals surface area contributed by atoms with Gasteiger partial charge in [0.2, 0.25) is 11.6 Å². The number of alkyl halides is 1. The quantitative estimate of drug-likeness (QED) is 0.338. The fourth-order valence-electron chi connectivity index (χ4n) is 1.05. The number of hydrogen-bond acceptors (Lipinski definition) is 1. The highest BCUT2D eigenvalue weighted by molar-refractivity contribution is 6.17. The van der Waals surface area contributed by atoms with Crippen LogP contribution >= 0.6 is 11.6 Å². The van der Waals surface area contributed by atoms with Crippen LogP contribution in [0, 0.1) is 23.3 Å². The highest BCUT2D eigenvalue weighted by Gasteiger charge is 2.20. The molecule has 1 rings (SSSR count). The molecular formula is C10H9ClF4O. The zero-order valence-electron chi connectivity index (χ0n) is 8.20. The number of ether oxygens (including phenoxy) is 1. The summed E-state index contributed by atoms with van der Waals surface area (Å²) in [6.07, 6.45) is 1.03. The summed E-state index contributed by atoms with van der Waals surface area (Å²) in [5.74, 6) is -6.65. The monoisotopic (exact) mass is 256 g/mol. The van der Waals surface area contributed by atoms with Crippen LogP contribution in [0.25, 0.3) is 0 Å². The summed E-state index contributed by atoms with van der Waals surface area (Å²) in [7, 11) is 0. The largest absolute Gasteiger partial charge is 0.487 e. The summed E-state index contributed by atoms with van der Waals surface area (Å²) in [5, 5.41) is 0. The Balaban J connectivity index is 2.78. The topological polar surface area (TPSA) is 9.23 Å². The van der Waals surface area contributed by atoms with Crippen molar-refractivity contribution in [2.24, 2.45) is 0 Å². The van der Waals surface area contributed by atoms with Crippen molar-refractivity contribution in [3.63, 3.8) is 0 Å². The number of benzene rings is 1. The first-order chi connectivity index (χ1) is 7.57. The molecule has 0 fully saturated rings. The molecule has 0 bridgehead atoms. The molecule has 90 valence electrons. The molecule has 0 saturated carbocycles. The van der Waals surface area contributed by atoms with E-state index in [-0.39, 0.29) is 12.7 Å². The van der Waals surface area contributed by atoms with Gasteiger partial charge in [-0.05, 0) is 12.8 Å². The molecule has 0 N–H and O–H groups in total. The van der Waals surface area contributed by atoms with E-state index in [9.17, 15) is 17.6 Å². The van der Waals surface area contributed by atoms with Crippen molar-refractivity contribution in [3.8, 4) is 5.75 Å². The van der Waals surface area contributed by atoms with Gasteiger partial charge in [-0.2, -0.15) is 8.78 Å². The third-order valence-corrected chi connectivity index (χ3v) is 2.11. The van der Waals surface area contributed by atoms with Crippen LogP contribution in [0.4, 0.5) is 17.6 Å². The fourth-order valence-corrected chi connectivity index (χ4v) is 1.24. The summed E-state index contributed by atoms with van der Waals surface area (Å²) in [5.41, 5.74) is 0. The average Bonchev–Trinajstić information content (AvgIpc) is 2.25. The van der Waals surface area contributed by atoms with Gasteiger partial charge in [0.25, 0.3) is 0 Å². The molecule has 0 aliphatic rings. The van der Waals surface area contributed by atoms with Crippen LogP contribution in [-0.4, -0.2) is 12.5 Å². The molecule has 0 spiro atoms. The van der Waals surface area contributed by atoms with E-state index in [1.807, 2.05) is 0 Å². The Morgan fingerprint density at radius 1 is 1.00 bits per heavy atom. The fraction of sp³-hybridized carbons (Fsp3) is 0.400. The minimum atomic E-state index is -1.52. The number of rotatable bonds is 5. The van der Waals surface area contributed by atoms with Crippen LogP contribution in [0.2, 0.25) is 0 Å². The predicted molar refractivity (Wildman–Crippen MR) is 51.7 cm³/mol. The Morgan fingerprint density at radius 2 is 1.56 bits per heavy atom. The zero-order chi connectivity index (χ0) is 12.1. The lowest BCUT2D eigenvalue weighted by Gasteiger charge is -2.08. The van der Waals surface area contributed by atoms with Crippen LogP contribution < -0.4 is 4.74 Å². The van der Waals surface area contributed by atoms with E-state index in [1.54, 1.807) is 0 Å². The highest BCUT2D eigenvalue weighted by atomic mass is 35.5. The maximum absolute atomic E-state index is 13.0. The molecule has 0 radical (unpaired) electrons. The summed E-state index contributed by atoms with van der Waals surface area (Å²) in [6, 6.07) is 0.135. The van der Waals surface area contributed by atoms with Crippen molar-refractivity contribution < 1.29 is 22.3 Å². The molecule has 0 heterocycles. The highest BCUT2D eigenvalue weighted by Crippen LogP contribution is 2.26. The van der Waals surface area contributed by atoms with Gasteiger partial charge >= 0.3 is 0 Å².